The summed E-state index contributed by atoms with van der Waals surface area (Å²) in [7, 11) is 0. The van der Waals surface area contributed by atoms with E-state index >= 15 is 0 Å². The maximum Gasteiger partial charge on any atom is 0.119 e. The summed E-state index contributed by atoms with van der Waals surface area (Å²) >= 11 is 0. The molecule has 0 amide bonds. The average molecular weight is 265 g/mol. The molecule has 0 spiro atoms. The SMILES string of the molecule is CCOC(CN)CCOc1cccc(C(C)(C)C)c1. The molecule has 1 aromatic rings. The number of hydrogen-bond donors (Lipinski definition) is 1. The molecule has 108 valence electrons. The van der Waals surface area contributed by atoms with Crippen molar-refractivity contribution in [3.63, 3.8) is 0 Å². The van der Waals surface area contributed by atoms with Crippen molar-refractivity contribution in [3.8, 4) is 5.75 Å². The van der Waals surface area contributed by atoms with Gasteiger partial charge in [0.05, 0.1) is 12.7 Å². The molecule has 19 heavy (non-hydrogen) atoms. The largest absolute Gasteiger partial charge is 0.493 e. The molecule has 1 rings (SSSR count). The van der Waals surface area contributed by atoms with Crippen molar-refractivity contribution in [2.24, 2.45) is 5.73 Å². The second kappa shape index (κ2) is 7.51. The van der Waals surface area contributed by atoms with E-state index in [0.29, 0.717) is 19.8 Å². The standard InChI is InChI=1S/C16H27NO2/c1-5-18-15(12-17)9-10-19-14-8-6-7-13(11-14)16(2,3)4/h6-8,11,15H,5,9-10,12,17H2,1-4H3. The maximum absolute atomic E-state index is 5.78. The summed E-state index contributed by atoms with van der Waals surface area (Å²) in [5, 5.41) is 0. The van der Waals surface area contributed by atoms with Crippen molar-refractivity contribution in [2.75, 3.05) is 19.8 Å². The molecule has 2 N–H and O–H groups in total. The Morgan fingerprint density at radius 1 is 1.26 bits per heavy atom. The minimum Gasteiger partial charge on any atom is -0.493 e. The highest BCUT2D eigenvalue weighted by atomic mass is 16.5. The predicted molar refractivity (Wildman–Crippen MR) is 79.7 cm³/mol. The van der Waals surface area contributed by atoms with Crippen LogP contribution in [0.4, 0.5) is 0 Å². The van der Waals surface area contributed by atoms with Gasteiger partial charge in [0.25, 0.3) is 0 Å². The van der Waals surface area contributed by atoms with E-state index in [0.717, 1.165) is 12.2 Å². The van der Waals surface area contributed by atoms with Gasteiger partial charge in [-0.2, -0.15) is 0 Å². The second-order valence-electron chi connectivity index (χ2n) is 5.73. The Morgan fingerprint density at radius 3 is 2.58 bits per heavy atom. The van der Waals surface area contributed by atoms with Crippen molar-refractivity contribution in [1.29, 1.82) is 0 Å². The minimum absolute atomic E-state index is 0.0933. The Kier molecular flexibility index (Phi) is 6.32. The zero-order chi connectivity index (χ0) is 14.3. The first kappa shape index (κ1) is 16.0. The van der Waals surface area contributed by atoms with Crippen molar-refractivity contribution in [1.82, 2.24) is 0 Å². The molecule has 0 aliphatic carbocycles. The molecule has 0 aromatic heterocycles. The van der Waals surface area contributed by atoms with Crippen LogP contribution in [0, 0.1) is 0 Å². The molecule has 0 bridgehead atoms. The third-order valence-electron chi connectivity index (χ3n) is 3.07. The lowest BCUT2D eigenvalue weighted by molar-refractivity contribution is 0.0527. The van der Waals surface area contributed by atoms with E-state index in [1.54, 1.807) is 0 Å². The van der Waals surface area contributed by atoms with Crippen LogP contribution in [0.5, 0.6) is 5.75 Å². The fraction of sp³-hybridized carbons (Fsp3) is 0.625. The van der Waals surface area contributed by atoms with Crippen LogP contribution in [0.15, 0.2) is 24.3 Å². The molecule has 0 fully saturated rings. The predicted octanol–water partition coefficient (Wildman–Crippen LogP) is 3.12. The number of hydrogen-bond acceptors (Lipinski definition) is 3. The highest BCUT2D eigenvalue weighted by Crippen LogP contribution is 2.25. The molecule has 3 heteroatoms. The zero-order valence-corrected chi connectivity index (χ0v) is 12.6. The highest BCUT2D eigenvalue weighted by Gasteiger charge is 2.14. The van der Waals surface area contributed by atoms with Gasteiger partial charge < -0.3 is 15.2 Å². The van der Waals surface area contributed by atoms with E-state index in [2.05, 4.69) is 32.9 Å². The topological polar surface area (TPSA) is 44.5 Å². The van der Waals surface area contributed by atoms with Gasteiger partial charge >= 0.3 is 0 Å². The summed E-state index contributed by atoms with van der Waals surface area (Å²) in [6.07, 6.45) is 0.917. The van der Waals surface area contributed by atoms with Crippen LogP contribution in [-0.2, 0) is 10.2 Å². The normalized spacial score (nSPS) is 13.3. The van der Waals surface area contributed by atoms with E-state index < -0.39 is 0 Å². The third kappa shape index (κ3) is 5.62. The maximum atomic E-state index is 5.78. The van der Waals surface area contributed by atoms with Gasteiger partial charge in [0.15, 0.2) is 0 Å². The van der Waals surface area contributed by atoms with Crippen LogP contribution in [0.3, 0.4) is 0 Å². The Labute approximate surface area is 117 Å². The first-order chi connectivity index (χ1) is 8.97. The summed E-state index contributed by atoms with van der Waals surface area (Å²) in [6.45, 7) is 10.5. The Hall–Kier alpha value is -1.06. The van der Waals surface area contributed by atoms with E-state index in [1.807, 2.05) is 19.1 Å². The quantitative estimate of drug-likeness (QED) is 0.824. The van der Waals surface area contributed by atoms with Gasteiger partial charge in [0.1, 0.15) is 5.75 Å². The average Bonchev–Trinajstić information content (AvgIpc) is 2.37. The van der Waals surface area contributed by atoms with Crippen LogP contribution in [0.2, 0.25) is 0 Å². The molecule has 1 unspecified atom stereocenters. The molecule has 0 aliphatic heterocycles. The van der Waals surface area contributed by atoms with Crippen molar-refractivity contribution in [3.05, 3.63) is 29.8 Å². The number of nitrogens with two attached hydrogens (primary N) is 1. The lowest BCUT2D eigenvalue weighted by Gasteiger charge is -2.20. The van der Waals surface area contributed by atoms with Crippen LogP contribution in [0.1, 0.15) is 39.7 Å². The molecule has 0 saturated heterocycles. The van der Waals surface area contributed by atoms with Gasteiger partial charge in [0, 0.05) is 19.6 Å². The third-order valence-corrected chi connectivity index (χ3v) is 3.07. The molecule has 0 aliphatic rings. The van der Waals surface area contributed by atoms with Crippen LogP contribution >= 0.6 is 0 Å². The Morgan fingerprint density at radius 2 is 2.00 bits per heavy atom. The number of rotatable bonds is 7. The Bertz CT molecular complexity index is 371. The monoisotopic (exact) mass is 265 g/mol. The lowest BCUT2D eigenvalue weighted by atomic mass is 9.87. The van der Waals surface area contributed by atoms with Gasteiger partial charge in [-0.3, -0.25) is 0 Å². The van der Waals surface area contributed by atoms with Crippen molar-refractivity contribution < 1.29 is 9.47 Å². The van der Waals surface area contributed by atoms with E-state index in [1.165, 1.54) is 5.56 Å². The first-order valence-electron chi connectivity index (χ1n) is 7.02. The number of benzene rings is 1. The van der Waals surface area contributed by atoms with Crippen LogP contribution in [-0.4, -0.2) is 25.9 Å². The summed E-state index contributed by atoms with van der Waals surface area (Å²) in [6, 6.07) is 8.28. The zero-order valence-electron chi connectivity index (χ0n) is 12.6. The van der Waals surface area contributed by atoms with E-state index in [4.69, 9.17) is 15.2 Å². The molecule has 0 radical (unpaired) electrons. The van der Waals surface area contributed by atoms with Gasteiger partial charge in [-0.15, -0.1) is 0 Å². The number of ether oxygens (including phenoxy) is 2. The summed E-state index contributed by atoms with van der Waals surface area (Å²) in [5.74, 6) is 0.916. The molecular weight excluding hydrogens is 238 g/mol. The smallest absolute Gasteiger partial charge is 0.119 e. The van der Waals surface area contributed by atoms with Gasteiger partial charge in [-0.05, 0) is 30.0 Å². The fourth-order valence-corrected chi connectivity index (χ4v) is 1.87. The summed E-state index contributed by atoms with van der Waals surface area (Å²) < 4.78 is 11.3. The van der Waals surface area contributed by atoms with Gasteiger partial charge in [-0.25, -0.2) is 0 Å². The molecule has 1 aromatic carbocycles. The molecule has 0 saturated carbocycles. The fourth-order valence-electron chi connectivity index (χ4n) is 1.87. The second-order valence-corrected chi connectivity index (χ2v) is 5.73. The first-order valence-corrected chi connectivity index (χ1v) is 7.02. The molecule has 0 heterocycles. The van der Waals surface area contributed by atoms with Crippen molar-refractivity contribution in [2.45, 2.75) is 45.6 Å². The minimum atomic E-state index is 0.0933. The van der Waals surface area contributed by atoms with Gasteiger partial charge in [-0.1, -0.05) is 32.9 Å². The van der Waals surface area contributed by atoms with Crippen LogP contribution in [0.25, 0.3) is 0 Å². The molecule has 3 nitrogen and oxygen atoms in total. The molecular formula is C16H27NO2. The van der Waals surface area contributed by atoms with Crippen LogP contribution < -0.4 is 10.5 Å². The highest BCUT2D eigenvalue weighted by molar-refractivity contribution is 5.32. The van der Waals surface area contributed by atoms with Crippen molar-refractivity contribution >= 4 is 0 Å². The summed E-state index contributed by atoms with van der Waals surface area (Å²) in [5.41, 5.74) is 7.06. The van der Waals surface area contributed by atoms with E-state index in [-0.39, 0.29) is 11.5 Å². The molecule has 1 atom stereocenters. The van der Waals surface area contributed by atoms with Gasteiger partial charge in [0.2, 0.25) is 0 Å². The Balaban J connectivity index is 2.49. The summed E-state index contributed by atoms with van der Waals surface area (Å²) in [4.78, 5) is 0. The lowest BCUT2D eigenvalue weighted by Crippen LogP contribution is -2.25. The van der Waals surface area contributed by atoms with E-state index in [9.17, 15) is 0 Å².